The number of fused-ring (bicyclic) bond motifs is 1. The molecular formula is C31H38N4O6. The fourth-order valence-electron chi connectivity index (χ4n) is 4.57. The molecule has 0 unspecified atom stereocenters. The summed E-state index contributed by atoms with van der Waals surface area (Å²) in [4.78, 5) is 55.6. The largest absolute Gasteiger partial charge is 0.445 e. The Bertz CT molecular complexity index is 1380. The second kappa shape index (κ2) is 13.0. The molecule has 0 radical (unpaired) electrons. The predicted molar refractivity (Wildman–Crippen MR) is 154 cm³/mol. The summed E-state index contributed by atoms with van der Waals surface area (Å²) in [6.07, 6.45) is 1.88. The maximum atomic E-state index is 13.7. The summed E-state index contributed by atoms with van der Waals surface area (Å²) >= 11 is 0. The lowest BCUT2D eigenvalue weighted by Gasteiger charge is -2.28. The Balaban J connectivity index is 1.47. The third-order valence-electron chi connectivity index (χ3n) is 7.56. The van der Waals surface area contributed by atoms with Crippen LogP contribution in [0.4, 0.5) is 4.79 Å². The molecule has 0 aliphatic carbocycles. The van der Waals surface area contributed by atoms with Gasteiger partial charge in [-0.2, -0.15) is 0 Å². The summed E-state index contributed by atoms with van der Waals surface area (Å²) in [7, 11) is 0. The van der Waals surface area contributed by atoms with Crippen LogP contribution in [0.1, 0.15) is 45.2 Å². The van der Waals surface area contributed by atoms with E-state index in [2.05, 4.69) is 20.9 Å². The van der Waals surface area contributed by atoms with Crippen molar-refractivity contribution < 1.29 is 28.7 Å². The number of ether oxygens (including phenoxy) is 2. The minimum absolute atomic E-state index is 0.0558. The molecule has 1 aliphatic rings. The van der Waals surface area contributed by atoms with E-state index in [1.807, 2.05) is 68.4 Å². The van der Waals surface area contributed by atoms with Crippen LogP contribution in [0.15, 0.2) is 60.8 Å². The molecule has 3 aromatic rings. The lowest BCUT2D eigenvalue weighted by atomic mass is 9.89. The van der Waals surface area contributed by atoms with Crippen molar-refractivity contribution in [3.63, 3.8) is 0 Å². The van der Waals surface area contributed by atoms with E-state index in [4.69, 9.17) is 9.47 Å². The number of Topliss-reactive ketones (excluding diaryl/α,β-unsaturated/α-hetero) is 1. The van der Waals surface area contributed by atoms with Gasteiger partial charge >= 0.3 is 6.09 Å². The highest BCUT2D eigenvalue weighted by Gasteiger charge is 2.51. The number of rotatable bonds is 13. The lowest BCUT2D eigenvalue weighted by molar-refractivity contribution is -0.134. The summed E-state index contributed by atoms with van der Waals surface area (Å²) in [5, 5.41) is 9.10. The molecule has 1 aliphatic heterocycles. The standard InChI is InChI=1S/C31H38N4O6/c1-5-19(2)26(27(36)31(4)18-41-31)35-29(38)25(15-22-16-32-24-14-10-9-13-23(22)24)34-28(37)20(3)33-30(39)40-17-21-11-7-6-8-12-21/h6-14,16,19-20,25-26,32H,5,15,17-18H2,1-4H3,(H,33,39)(H,34,37)(H,35,38)/t19-,20-,25-,26-,31+/m0/s1. The first kappa shape index (κ1) is 29.8. The number of aromatic amines is 1. The monoisotopic (exact) mass is 562 g/mol. The van der Waals surface area contributed by atoms with Crippen LogP contribution in [0.5, 0.6) is 0 Å². The second-order valence-electron chi connectivity index (χ2n) is 10.8. The van der Waals surface area contributed by atoms with Gasteiger partial charge in [-0.25, -0.2) is 4.79 Å². The van der Waals surface area contributed by atoms with Crippen molar-refractivity contribution in [3.05, 3.63) is 71.9 Å². The number of hydrogen-bond donors (Lipinski definition) is 4. The average molecular weight is 563 g/mol. The molecule has 4 N–H and O–H groups in total. The molecule has 1 fully saturated rings. The van der Waals surface area contributed by atoms with Crippen molar-refractivity contribution in [2.24, 2.45) is 5.92 Å². The number of epoxide rings is 1. The molecule has 1 saturated heterocycles. The van der Waals surface area contributed by atoms with E-state index in [1.165, 1.54) is 6.92 Å². The highest BCUT2D eigenvalue weighted by Crippen LogP contribution is 2.30. The summed E-state index contributed by atoms with van der Waals surface area (Å²) in [5.41, 5.74) is 1.63. The van der Waals surface area contributed by atoms with Crippen molar-refractivity contribution in [2.75, 3.05) is 6.61 Å². The van der Waals surface area contributed by atoms with Gasteiger partial charge in [-0.15, -0.1) is 0 Å². The minimum atomic E-state index is -1.02. The van der Waals surface area contributed by atoms with Crippen molar-refractivity contribution in [1.29, 1.82) is 0 Å². The molecule has 1 aromatic heterocycles. The molecule has 3 amide bonds. The SMILES string of the molecule is CC[C@H](C)[C@H](NC(=O)[C@H](Cc1c[nH]c2ccccc12)NC(=O)[C@H](C)NC(=O)OCc1ccccc1)C(=O)[C@@]1(C)CO1. The lowest BCUT2D eigenvalue weighted by Crippen LogP contribution is -2.58. The quantitative estimate of drug-likeness (QED) is 0.235. The molecule has 218 valence electrons. The number of benzene rings is 2. The van der Waals surface area contributed by atoms with Gasteiger partial charge in [0.15, 0.2) is 5.78 Å². The van der Waals surface area contributed by atoms with Crippen LogP contribution in [0.3, 0.4) is 0 Å². The zero-order valence-electron chi connectivity index (χ0n) is 23.9. The highest BCUT2D eigenvalue weighted by molar-refractivity contribution is 5.98. The molecule has 0 spiro atoms. The first-order valence-corrected chi connectivity index (χ1v) is 13.9. The van der Waals surface area contributed by atoms with E-state index < -0.39 is 41.6 Å². The summed E-state index contributed by atoms with van der Waals surface area (Å²) in [5.74, 6) is -1.39. The van der Waals surface area contributed by atoms with Crippen LogP contribution in [0.25, 0.3) is 10.9 Å². The summed E-state index contributed by atoms with van der Waals surface area (Å²) < 4.78 is 10.6. The minimum Gasteiger partial charge on any atom is -0.445 e. The number of hydrogen-bond acceptors (Lipinski definition) is 6. The fraction of sp³-hybridized carbons (Fsp3) is 0.419. The van der Waals surface area contributed by atoms with E-state index in [1.54, 1.807) is 13.1 Å². The Labute approximate surface area is 239 Å². The Kier molecular flexibility index (Phi) is 9.44. The van der Waals surface area contributed by atoms with Crippen molar-refractivity contribution in [2.45, 2.75) is 70.9 Å². The van der Waals surface area contributed by atoms with Crippen molar-refractivity contribution >= 4 is 34.6 Å². The number of carbonyl (C=O) groups is 4. The van der Waals surface area contributed by atoms with Crippen LogP contribution in [-0.2, 0) is 36.9 Å². The number of H-pyrrole nitrogens is 1. The summed E-state index contributed by atoms with van der Waals surface area (Å²) in [6.45, 7) is 7.44. The Hall–Kier alpha value is -4.18. The van der Waals surface area contributed by atoms with E-state index >= 15 is 0 Å². The van der Waals surface area contributed by atoms with Gasteiger partial charge in [-0.05, 0) is 37.0 Å². The van der Waals surface area contributed by atoms with Crippen LogP contribution < -0.4 is 16.0 Å². The molecule has 5 atom stereocenters. The average Bonchev–Trinajstić information content (AvgIpc) is 3.61. The maximum Gasteiger partial charge on any atom is 0.408 e. The first-order valence-electron chi connectivity index (χ1n) is 13.9. The van der Waals surface area contributed by atoms with Crippen LogP contribution in [0, 0.1) is 5.92 Å². The molecular weight excluding hydrogens is 524 g/mol. The molecule has 0 bridgehead atoms. The fourth-order valence-corrected chi connectivity index (χ4v) is 4.57. The molecule has 41 heavy (non-hydrogen) atoms. The number of aromatic nitrogens is 1. The second-order valence-corrected chi connectivity index (χ2v) is 10.8. The van der Waals surface area contributed by atoms with E-state index in [9.17, 15) is 19.2 Å². The van der Waals surface area contributed by atoms with E-state index in [0.29, 0.717) is 13.0 Å². The van der Waals surface area contributed by atoms with Gasteiger partial charge in [0.2, 0.25) is 11.8 Å². The molecule has 4 rings (SSSR count). The highest BCUT2D eigenvalue weighted by atomic mass is 16.6. The van der Waals surface area contributed by atoms with Crippen LogP contribution in [0.2, 0.25) is 0 Å². The topological polar surface area (TPSA) is 142 Å². The van der Waals surface area contributed by atoms with Gasteiger partial charge in [-0.1, -0.05) is 68.8 Å². The Morgan fingerprint density at radius 1 is 0.976 bits per heavy atom. The van der Waals surface area contributed by atoms with Crippen LogP contribution in [-0.4, -0.2) is 59.0 Å². The predicted octanol–water partition coefficient (Wildman–Crippen LogP) is 3.40. The third kappa shape index (κ3) is 7.52. The van der Waals surface area contributed by atoms with Crippen LogP contribution >= 0.6 is 0 Å². The van der Waals surface area contributed by atoms with Gasteiger partial charge in [0.1, 0.15) is 24.3 Å². The maximum absolute atomic E-state index is 13.7. The van der Waals surface area contributed by atoms with E-state index in [0.717, 1.165) is 22.0 Å². The number of carbonyl (C=O) groups excluding carboxylic acids is 4. The number of amides is 3. The molecule has 0 saturated carbocycles. The van der Waals surface area contributed by atoms with Gasteiger partial charge in [-0.3, -0.25) is 14.4 Å². The number of alkyl carbamates (subject to hydrolysis) is 1. The molecule has 2 aromatic carbocycles. The Morgan fingerprint density at radius 3 is 2.34 bits per heavy atom. The number of para-hydroxylation sites is 1. The zero-order chi connectivity index (χ0) is 29.6. The molecule has 2 heterocycles. The van der Waals surface area contributed by atoms with Crippen molar-refractivity contribution in [3.8, 4) is 0 Å². The van der Waals surface area contributed by atoms with Crippen molar-refractivity contribution in [1.82, 2.24) is 20.9 Å². The normalized spacial score (nSPS) is 18.9. The van der Waals surface area contributed by atoms with Gasteiger partial charge in [0.05, 0.1) is 12.6 Å². The number of nitrogens with one attached hydrogen (secondary N) is 4. The van der Waals surface area contributed by atoms with Gasteiger partial charge in [0, 0.05) is 23.5 Å². The van der Waals surface area contributed by atoms with E-state index in [-0.39, 0.29) is 24.7 Å². The smallest absolute Gasteiger partial charge is 0.408 e. The van der Waals surface area contributed by atoms with Gasteiger partial charge < -0.3 is 30.4 Å². The zero-order valence-corrected chi connectivity index (χ0v) is 23.9. The first-order chi connectivity index (χ1) is 19.6. The van der Waals surface area contributed by atoms with Gasteiger partial charge in [0.25, 0.3) is 0 Å². The number of ketones is 1. The molecule has 10 heteroatoms. The Morgan fingerprint density at radius 2 is 1.66 bits per heavy atom. The molecule has 10 nitrogen and oxygen atoms in total. The third-order valence-corrected chi connectivity index (χ3v) is 7.56. The summed E-state index contributed by atoms with van der Waals surface area (Å²) in [6, 6.07) is 14.1.